The van der Waals surface area contributed by atoms with Gasteiger partial charge in [0.25, 0.3) is 0 Å². The fraction of sp³-hybridized carbons (Fsp3) is 0.600. The number of nitrogens with zero attached hydrogens (tertiary/aromatic N) is 2. The summed E-state index contributed by atoms with van der Waals surface area (Å²) in [7, 11) is 0. The van der Waals surface area contributed by atoms with Crippen molar-refractivity contribution in [2.75, 3.05) is 17.3 Å². The van der Waals surface area contributed by atoms with Crippen LogP contribution in [-0.4, -0.2) is 33.9 Å². The zero-order valence-electron chi connectivity index (χ0n) is 10.5. The predicted octanol–water partition coefficient (Wildman–Crippen LogP) is 1.22. The second-order valence-corrected chi connectivity index (χ2v) is 4.23. The van der Waals surface area contributed by atoms with Gasteiger partial charge in [-0.05, 0) is 0 Å². The lowest BCUT2D eigenvalue weighted by atomic mass is 10.2. The Morgan fingerprint density at radius 2 is 1.89 bits per heavy atom. The van der Waals surface area contributed by atoms with E-state index >= 15 is 0 Å². The van der Waals surface area contributed by atoms with E-state index in [0.717, 1.165) is 0 Å². The van der Waals surface area contributed by atoms with Gasteiger partial charge >= 0.3 is 6.18 Å². The third-order valence-corrected chi connectivity index (χ3v) is 2.26. The minimum atomic E-state index is -4.67. The Morgan fingerprint density at radius 1 is 1.32 bits per heavy atom. The van der Waals surface area contributed by atoms with E-state index in [1.807, 2.05) is 13.8 Å². The Bertz CT molecular complexity index is 424. The largest absolute Gasteiger partial charge is 0.416 e. The number of hydrogen-bond acceptors (Lipinski definition) is 6. The third-order valence-electron chi connectivity index (χ3n) is 2.26. The summed E-state index contributed by atoms with van der Waals surface area (Å²) in [5.74, 6) is 6.08. The van der Waals surface area contributed by atoms with Crippen molar-refractivity contribution < 1.29 is 18.3 Å². The molecule has 1 heterocycles. The molecule has 1 unspecified atom stereocenters. The molecule has 0 fully saturated rings. The van der Waals surface area contributed by atoms with Crippen LogP contribution in [0.3, 0.4) is 0 Å². The lowest BCUT2D eigenvalue weighted by Gasteiger charge is -2.16. The summed E-state index contributed by atoms with van der Waals surface area (Å²) in [6, 6.07) is 1.36. The van der Waals surface area contributed by atoms with Crippen LogP contribution in [0.2, 0.25) is 0 Å². The minimum absolute atomic E-state index is 0.0126. The van der Waals surface area contributed by atoms with Crippen molar-refractivity contribution in [3.8, 4) is 0 Å². The van der Waals surface area contributed by atoms with Crippen LogP contribution in [0.15, 0.2) is 6.07 Å². The Balaban J connectivity index is 2.80. The molecule has 5 N–H and O–H groups in total. The number of rotatable bonds is 5. The van der Waals surface area contributed by atoms with Crippen molar-refractivity contribution in [1.29, 1.82) is 0 Å². The molecule has 0 aliphatic rings. The quantitative estimate of drug-likeness (QED) is 0.478. The van der Waals surface area contributed by atoms with Crippen LogP contribution in [0.4, 0.5) is 24.8 Å². The molecule has 6 nitrogen and oxygen atoms in total. The molecule has 0 amide bonds. The van der Waals surface area contributed by atoms with Gasteiger partial charge in [-0.1, -0.05) is 13.8 Å². The second kappa shape index (κ2) is 6.02. The predicted molar refractivity (Wildman–Crippen MR) is 64.5 cm³/mol. The van der Waals surface area contributed by atoms with Gasteiger partial charge in [0, 0.05) is 12.0 Å². The maximum absolute atomic E-state index is 12.1. The Kier molecular flexibility index (Phi) is 4.90. The minimum Gasteiger partial charge on any atom is -0.382 e. The molecule has 1 rings (SSSR count). The van der Waals surface area contributed by atoms with Gasteiger partial charge in [0.15, 0.2) is 6.10 Å². The van der Waals surface area contributed by atoms with E-state index in [-0.39, 0.29) is 17.6 Å². The first kappa shape index (κ1) is 15.4. The Hall–Kier alpha value is -1.61. The van der Waals surface area contributed by atoms with Gasteiger partial charge in [-0.2, -0.15) is 13.2 Å². The molecule has 1 aromatic heterocycles. The van der Waals surface area contributed by atoms with Crippen LogP contribution in [0.25, 0.3) is 0 Å². The van der Waals surface area contributed by atoms with E-state index in [1.54, 1.807) is 0 Å². The van der Waals surface area contributed by atoms with Gasteiger partial charge in [0.1, 0.15) is 17.5 Å². The molecule has 1 aromatic rings. The smallest absolute Gasteiger partial charge is 0.382 e. The SMILES string of the molecule is CC(C)c1nc(NN)cc(NCC(O)C(F)(F)F)n1. The van der Waals surface area contributed by atoms with E-state index in [4.69, 9.17) is 10.9 Å². The molecular formula is C10H16F3N5O. The summed E-state index contributed by atoms with van der Waals surface area (Å²) in [6.45, 7) is 2.98. The molecule has 0 aromatic carbocycles. The lowest BCUT2D eigenvalue weighted by Crippen LogP contribution is -2.35. The number of nitrogens with one attached hydrogen (secondary N) is 2. The molecule has 9 heteroatoms. The van der Waals surface area contributed by atoms with Gasteiger partial charge < -0.3 is 15.8 Å². The number of aromatic nitrogens is 2. The van der Waals surface area contributed by atoms with Gasteiger partial charge in [-0.25, -0.2) is 15.8 Å². The lowest BCUT2D eigenvalue weighted by molar-refractivity contribution is -0.198. The highest BCUT2D eigenvalue weighted by molar-refractivity contribution is 5.47. The molecule has 1 atom stereocenters. The molecule has 0 spiro atoms. The van der Waals surface area contributed by atoms with Crippen LogP contribution >= 0.6 is 0 Å². The number of alkyl halides is 3. The molecule has 0 saturated heterocycles. The molecule has 0 bridgehead atoms. The number of aliphatic hydroxyl groups is 1. The number of aliphatic hydroxyl groups excluding tert-OH is 1. The summed E-state index contributed by atoms with van der Waals surface area (Å²) in [6.07, 6.45) is -7.13. The Labute approximate surface area is 108 Å². The molecular weight excluding hydrogens is 263 g/mol. The highest BCUT2D eigenvalue weighted by atomic mass is 19.4. The number of nitrogens with two attached hydrogens (primary N) is 1. The van der Waals surface area contributed by atoms with E-state index < -0.39 is 18.8 Å². The van der Waals surface area contributed by atoms with Crippen LogP contribution in [0.1, 0.15) is 25.6 Å². The maximum atomic E-state index is 12.1. The number of anilines is 2. The summed E-state index contributed by atoms with van der Waals surface area (Å²) in [5, 5.41) is 11.3. The standard InChI is InChI=1S/C10H16F3N5O/c1-5(2)9-16-7(3-8(17-9)18-14)15-4-6(19)10(11,12)13/h3,5-6,19H,4,14H2,1-2H3,(H2,15,16,17,18). The molecule has 0 saturated carbocycles. The van der Waals surface area contributed by atoms with E-state index in [1.165, 1.54) is 6.07 Å². The first-order valence-electron chi connectivity index (χ1n) is 5.58. The molecule has 19 heavy (non-hydrogen) atoms. The summed E-state index contributed by atoms with van der Waals surface area (Å²) < 4.78 is 36.4. The van der Waals surface area contributed by atoms with Crippen LogP contribution < -0.4 is 16.6 Å². The van der Waals surface area contributed by atoms with Crippen molar-refractivity contribution in [3.63, 3.8) is 0 Å². The van der Waals surface area contributed by atoms with Crippen molar-refractivity contribution in [2.24, 2.45) is 5.84 Å². The van der Waals surface area contributed by atoms with Crippen molar-refractivity contribution in [1.82, 2.24) is 9.97 Å². The zero-order valence-corrected chi connectivity index (χ0v) is 10.5. The highest BCUT2D eigenvalue weighted by Crippen LogP contribution is 2.21. The topological polar surface area (TPSA) is 96.1 Å². The molecule has 0 aliphatic carbocycles. The van der Waals surface area contributed by atoms with E-state index in [0.29, 0.717) is 5.82 Å². The van der Waals surface area contributed by atoms with Crippen molar-refractivity contribution >= 4 is 11.6 Å². The zero-order chi connectivity index (χ0) is 14.6. The average Bonchev–Trinajstić information content (AvgIpc) is 2.34. The number of hydrazine groups is 1. The average molecular weight is 279 g/mol. The van der Waals surface area contributed by atoms with Gasteiger partial charge in [-0.15, -0.1) is 0 Å². The highest BCUT2D eigenvalue weighted by Gasteiger charge is 2.37. The maximum Gasteiger partial charge on any atom is 0.416 e. The first-order chi connectivity index (χ1) is 8.74. The fourth-order valence-corrected chi connectivity index (χ4v) is 1.21. The monoisotopic (exact) mass is 279 g/mol. The second-order valence-electron chi connectivity index (χ2n) is 4.23. The summed E-state index contributed by atoms with van der Waals surface area (Å²) in [5.41, 5.74) is 2.30. The molecule has 108 valence electrons. The molecule has 0 radical (unpaired) electrons. The van der Waals surface area contributed by atoms with Gasteiger partial charge in [0.05, 0.1) is 6.54 Å². The van der Waals surface area contributed by atoms with Gasteiger partial charge in [0.2, 0.25) is 0 Å². The van der Waals surface area contributed by atoms with Crippen LogP contribution in [-0.2, 0) is 0 Å². The van der Waals surface area contributed by atoms with Crippen LogP contribution in [0, 0.1) is 0 Å². The first-order valence-corrected chi connectivity index (χ1v) is 5.58. The van der Waals surface area contributed by atoms with Gasteiger partial charge in [-0.3, -0.25) is 0 Å². The number of hydrogen-bond donors (Lipinski definition) is 4. The fourth-order valence-electron chi connectivity index (χ4n) is 1.21. The third kappa shape index (κ3) is 4.52. The summed E-state index contributed by atoms with van der Waals surface area (Å²) in [4.78, 5) is 8.09. The normalized spacial score (nSPS) is 13.5. The number of nitrogen functional groups attached to an aromatic ring is 1. The Morgan fingerprint density at radius 3 is 2.37 bits per heavy atom. The van der Waals surface area contributed by atoms with E-state index in [2.05, 4.69) is 20.7 Å². The van der Waals surface area contributed by atoms with Crippen LogP contribution in [0.5, 0.6) is 0 Å². The van der Waals surface area contributed by atoms with Crippen molar-refractivity contribution in [2.45, 2.75) is 32.0 Å². The summed E-state index contributed by atoms with van der Waals surface area (Å²) >= 11 is 0. The number of halogens is 3. The van der Waals surface area contributed by atoms with Crippen molar-refractivity contribution in [3.05, 3.63) is 11.9 Å². The van der Waals surface area contributed by atoms with E-state index in [9.17, 15) is 13.2 Å². The molecule has 0 aliphatic heterocycles.